The van der Waals surface area contributed by atoms with Gasteiger partial charge in [0.15, 0.2) is 24.4 Å². The Hall–Kier alpha value is -7.12. The predicted molar refractivity (Wildman–Crippen MR) is 327 cm³/mol. The van der Waals surface area contributed by atoms with E-state index in [-0.39, 0.29) is 30.4 Å². The van der Waals surface area contributed by atoms with Gasteiger partial charge in [-0.25, -0.2) is 0 Å². The van der Waals surface area contributed by atoms with Crippen molar-refractivity contribution < 1.29 is 124 Å². The maximum absolute atomic E-state index is 15.5. The van der Waals surface area contributed by atoms with Crippen LogP contribution in [0.3, 0.4) is 0 Å². The molecular weight excluding hydrogens is 1280 g/mol. The highest BCUT2D eigenvalue weighted by atomic mass is 16.7. The summed E-state index contributed by atoms with van der Waals surface area (Å²) in [6.07, 6.45) is -31.3. The highest BCUT2D eigenvalue weighted by molar-refractivity contribution is 5.98. The molecule has 96 heavy (non-hydrogen) atoms. The van der Waals surface area contributed by atoms with E-state index in [1.165, 1.54) is 62.3 Å². The number of aliphatic imine (C=N–C) groups is 2. The van der Waals surface area contributed by atoms with Gasteiger partial charge in [-0.1, -0.05) is 49.4 Å². The smallest absolute Gasteiger partial charge is 0.246 e. The average Bonchev–Trinajstić information content (AvgIpc) is 1.54. The maximum atomic E-state index is 15.5. The lowest BCUT2D eigenvalue weighted by molar-refractivity contribution is -0.352. The molecule has 0 aromatic heterocycles. The molecule has 20 N–H and O–H groups in total. The lowest BCUT2D eigenvalue weighted by Gasteiger charge is -2.46. The summed E-state index contributed by atoms with van der Waals surface area (Å²) in [5.74, 6) is -7.77. The Morgan fingerprint density at radius 1 is 0.542 bits per heavy atom. The number of aliphatic hydroxyl groups excluding tert-OH is 14. The van der Waals surface area contributed by atoms with Crippen molar-refractivity contribution in [3.8, 4) is 5.75 Å². The Bertz CT molecular complexity index is 3050. The first-order valence-electron chi connectivity index (χ1n) is 31.0. The van der Waals surface area contributed by atoms with Gasteiger partial charge in [0, 0.05) is 60.7 Å². The Balaban J connectivity index is 1.15. The molecule has 6 fully saturated rings. The minimum absolute atomic E-state index is 0.0438. The van der Waals surface area contributed by atoms with Crippen LogP contribution >= 0.6 is 0 Å². The Morgan fingerprint density at radius 2 is 1.06 bits per heavy atom. The van der Waals surface area contributed by atoms with Crippen LogP contribution in [0.5, 0.6) is 5.75 Å². The lowest BCUT2D eigenvalue weighted by Crippen LogP contribution is -2.69. The number of benzene rings is 2. The van der Waals surface area contributed by atoms with Crippen molar-refractivity contribution in [2.24, 2.45) is 9.98 Å². The molecule has 37 heteroatoms. The molecule has 0 saturated carbocycles. The zero-order valence-electron chi connectivity index (χ0n) is 53.2. The van der Waals surface area contributed by atoms with Crippen LogP contribution in [0.1, 0.15) is 24.0 Å². The second-order valence-electron chi connectivity index (χ2n) is 24.4. The van der Waals surface area contributed by atoms with Crippen molar-refractivity contribution in [3.63, 3.8) is 0 Å². The molecule has 37 nitrogen and oxygen atoms in total. The zero-order valence-corrected chi connectivity index (χ0v) is 53.2. The van der Waals surface area contributed by atoms with Gasteiger partial charge in [0.25, 0.3) is 0 Å². The zero-order chi connectivity index (χ0) is 70.3. The van der Waals surface area contributed by atoms with E-state index in [1.54, 1.807) is 49.2 Å². The summed E-state index contributed by atoms with van der Waals surface area (Å²) in [4.78, 5) is 103. The van der Waals surface area contributed by atoms with Crippen molar-refractivity contribution in [1.82, 2.24) is 51.5 Å². The topological polar surface area (TPSA) is 542 Å². The summed E-state index contributed by atoms with van der Waals surface area (Å²) in [5.41, 5.74) is 0.749. The van der Waals surface area contributed by atoms with E-state index in [2.05, 4.69) is 41.9 Å². The van der Waals surface area contributed by atoms with Gasteiger partial charge in [-0.05, 0) is 23.3 Å². The van der Waals surface area contributed by atoms with E-state index < -0.39 is 227 Å². The molecule has 6 heterocycles. The van der Waals surface area contributed by atoms with Crippen molar-refractivity contribution in [3.05, 3.63) is 65.7 Å². The van der Waals surface area contributed by atoms with Crippen LogP contribution in [-0.4, -0.2) is 366 Å². The number of rotatable bonds is 17. The summed E-state index contributed by atoms with van der Waals surface area (Å²) in [5, 5.41) is 168. The first kappa shape index (κ1) is 74.7. The Labute approximate surface area is 549 Å². The second kappa shape index (κ2) is 32.5. The van der Waals surface area contributed by atoms with Crippen LogP contribution in [0.15, 0.2) is 64.6 Å². The van der Waals surface area contributed by atoms with E-state index >= 15 is 9.59 Å². The molecule has 0 aliphatic carbocycles. The Morgan fingerprint density at radius 3 is 1.66 bits per heavy atom. The van der Waals surface area contributed by atoms with Gasteiger partial charge in [-0.2, -0.15) is 0 Å². The molecule has 6 saturated heterocycles. The van der Waals surface area contributed by atoms with Gasteiger partial charge in [0.2, 0.25) is 41.7 Å². The Kier molecular flexibility index (Phi) is 25.3. The number of amides is 6. The number of nitrogens with one attached hydrogen (secondary N) is 6. The van der Waals surface area contributed by atoms with E-state index in [9.17, 15) is 90.7 Å². The summed E-state index contributed by atoms with van der Waals surface area (Å²) in [6, 6.07) is 1.43. The largest absolute Gasteiger partial charge is 0.462 e. The van der Waals surface area contributed by atoms with Crippen molar-refractivity contribution in [2.45, 2.75) is 166 Å². The summed E-state index contributed by atoms with van der Waals surface area (Å²) in [7, 11) is 7.41. The third-order valence-electron chi connectivity index (χ3n) is 18.1. The average molecular weight is 1370 g/mol. The predicted octanol–water partition coefficient (Wildman–Crippen LogP) is -12.1. The highest BCUT2D eigenvalue weighted by Gasteiger charge is 2.56. The van der Waals surface area contributed by atoms with Gasteiger partial charge in [-0.15, -0.1) is 0 Å². The number of likely N-dealkylation sites (N-methyl/N-ethyl adjacent to an activating group) is 3. The highest BCUT2D eigenvalue weighted by Crippen LogP contribution is 2.34. The molecule has 0 bridgehead atoms. The van der Waals surface area contributed by atoms with E-state index in [0.29, 0.717) is 11.5 Å². The van der Waals surface area contributed by atoms with E-state index in [4.69, 9.17) is 23.7 Å². The normalized spacial score (nSPS) is 37.4. The molecule has 6 amide bonds. The first-order valence-corrected chi connectivity index (χ1v) is 31.0. The van der Waals surface area contributed by atoms with Crippen LogP contribution in [0.4, 0.5) is 0 Å². The van der Waals surface area contributed by atoms with Crippen LogP contribution in [-0.2, 0) is 54.1 Å². The number of carbonyl (C=O) groups excluding carboxylic acids is 6. The third-order valence-corrected chi connectivity index (χ3v) is 18.1. The molecule has 534 valence electrons. The minimum Gasteiger partial charge on any atom is -0.462 e. The van der Waals surface area contributed by atoms with Crippen molar-refractivity contribution >= 4 is 47.4 Å². The number of ether oxygens (including phenoxy) is 5. The van der Waals surface area contributed by atoms with Crippen LogP contribution in [0.25, 0.3) is 0 Å². The maximum Gasteiger partial charge on any atom is 0.246 e. The third kappa shape index (κ3) is 16.0. The summed E-state index contributed by atoms with van der Waals surface area (Å²) in [6.45, 7) is -3.36. The second-order valence-corrected chi connectivity index (χ2v) is 24.4. The number of carbonyl (C=O) groups is 6. The summed E-state index contributed by atoms with van der Waals surface area (Å²) >= 11 is 0. The molecule has 25 atom stereocenters. The van der Waals surface area contributed by atoms with Gasteiger partial charge in [0.05, 0.1) is 45.1 Å². The van der Waals surface area contributed by atoms with Crippen LogP contribution in [0, 0.1) is 0 Å². The standard InChI is InChI=1S/C59H88N12O25/c1-24(26-10-8-7-9-11-26)36-52(89)63-28(16-25-12-14-27(15-13-25)92-56-48(86)45(83)49(34(23-75)95-56)96-57-47(85)44(82)42(80)33(22-74)94-57)51(88)66-37(39(77)30-18-68(4)58(60-2)70(30)6)54(91)67-38(53(90)64-29(20-72)50(87)62-17-35(76)65-36)40(78)31-19-69(5)59(61-3)71(31)55-46(84)43(81)41(79)32(21-73)93-55/h7-15,24,28-34,36-49,55-57,72-75,77-86H,16-23H2,1-6H3,(H,62,87)(H,63,89)(H,64,90)(H,65,76)(H,66,88)(H,67,91)/t24?,28-,29+,30?,31?,32-,33-,34-,36+,37+,38-,39?,40?,41-,42-,43+,44+,45-,46+,47+,48+,49-,55+,56+,57-/m1/s1. The summed E-state index contributed by atoms with van der Waals surface area (Å²) < 4.78 is 28.6. The quantitative estimate of drug-likeness (QED) is 0.0699. The van der Waals surface area contributed by atoms with Crippen molar-refractivity contribution in [2.75, 3.05) is 81.3 Å². The molecule has 0 radical (unpaired) electrons. The molecule has 8 rings (SSSR count). The molecule has 6 aliphatic rings. The lowest BCUT2D eigenvalue weighted by atomic mass is 9.92. The molecule has 2 aromatic rings. The van der Waals surface area contributed by atoms with Crippen LogP contribution < -0.4 is 36.6 Å². The fraction of sp³-hybridized carbons (Fsp3) is 0.661. The van der Waals surface area contributed by atoms with Gasteiger partial charge < -0.3 is 147 Å². The number of aliphatic hydroxyl groups is 14. The van der Waals surface area contributed by atoms with Crippen molar-refractivity contribution in [1.29, 1.82) is 0 Å². The molecule has 5 unspecified atom stereocenters. The fourth-order valence-electron chi connectivity index (χ4n) is 12.6. The minimum atomic E-state index is -2.30. The SMILES string of the molecule is CN=C1N(C)CC(C(O)[C@@H]2NC(=O)[C@@H](Cc3ccc(O[C@H]4O[C@H](CO)[C@@H](O[C@H]5O[C@H](CO)[C@@H](O)[C@H](O)[C@@H]5O)[C@H](O)[C@@H]4O)cc3)NC(=O)[C@H](C(C)c3ccccc3)NC(=O)CNC(=O)[C@H](CO)NC(=O)[C@@H](C(O)C3CN(C)C(=NC)N3[C@H]3O[C@H](CO)[C@@H](O)[C@H](O)[C@@H]3O)NC2=O)N1C. The van der Waals surface area contributed by atoms with Gasteiger partial charge in [0.1, 0.15) is 121 Å². The number of nitrogens with zero attached hydrogens (tertiary/aromatic N) is 6. The van der Waals surface area contributed by atoms with E-state index in [0.717, 1.165) is 4.90 Å². The first-order chi connectivity index (χ1) is 45.6. The molecule has 2 aromatic carbocycles. The molecular formula is C59H88N12O25. The number of guanidine groups is 2. The van der Waals surface area contributed by atoms with Gasteiger partial charge >= 0.3 is 0 Å². The number of hydrogen-bond acceptors (Lipinski definition) is 27. The molecule has 6 aliphatic heterocycles. The number of hydrogen-bond donors (Lipinski definition) is 20. The monoisotopic (exact) mass is 1360 g/mol. The van der Waals surface area contributed by atoms with Gasteiger partial charge in [-0.3, -0.25) is 38.8 Å². The van der Waals surface area contributed by atoms with E-state index in [1.807, 2.05) is 0 Å². The molecule has 0 spiro atoms. The fourth-order valence-corrected chi connectivity index (χ4v) is 12.6. The van der Waals surface area contributed by atoms with Crippen LogP contribution in [0.2, 0.25) is 0 Å².